The molecule has 3 fully saturated rings. The number of rotatable bonds is 0. The average molecular weight is 220 g/mol. The highest BCUT2D eigenvalue weighted by atomic mass is 16.1. The van der Waals surface area contributed by atoms with Crippen LogP contribution in [-0.4, -0.2) is 5.78 Å². The third-order valence-corrected chi connectivity index (χ3v) is 6.48. The molecule has 5 atom stereocenters. The molecule has 1 heteroatoms. The van der Waals surface area contributed by atoms with Gasteiger partial charge in [-0.3, -0.25) is 4.79 Å². The van der Waals surface area contributed by atoms with Crippen molar-refractivity contribution in [3.8, 4) is 0 Å². The molecular formula is C15H24O. The first-order valence-corrected chi connectivity index (χ1v) is 6.91. The highest BCUT2D eigenvalue weighted by Gasteiger charge is 2.66. The second kappa shape index (κ2) is 2.91. The number of hydrogen-bond acceptors (Lipinski definition) is 1. The summed E-state index contributed by atoms with van der Waals surface area (Å²) in [5.74, 6) is 2.98. The minimum absolute atomic E-state index is 0.393. The van der Waals surface area contributed by atoms with Gasteiger partial charge in [0.2, 0.25) is 0 Å². The van der Waals surface area contributed by atoms with Crippen molar-refractivity contribution >= 4 is 5.78 Å². The van der Waals surface area contributed by atoms with E-state index in [9.17, 15) is 4.79 Å². The first-order valence-electron chi connectivity index (χ1n) is 6.91. The lowest BCUT2D eigenvalue weighted by atomic mass is 9.65. The smallest absolute Gasteiger partial charge is 0.136 e. The molecule has 3 aliphatic rings. The van der Waals surface area contributed by atoms with Gasteiger partial charge in [-0.25, -0.2) is 0 Å². The molecule has 3 rings (SSSR count). The van der Waals surface area contributed by atoms with Crippen LogP contribution < -0.4 is 0 Å². The summed E-state index contributed by atoms with van der Waals surface area (Å²) >= 11 is 0. The van der Waals surface area contributed by atoms with E-state index in [1.807, 2.05) is 0 Å². The van der Waals surface area contributed by atoms with Crippen molar-refractivity contribution in [3.63, 3.8) is 0 Å². The molecule has 0 amide bonds. The SMILES string of the molecule is CC1[C@H]2C(=O)C[C@@H]3[C@H]2C(C)(C)CCC[C@]13C. The summed E-state index contributed by atoms with van der Waals surface area (Å²) in [6, 6.07) is 0. The second-order valence-corrected chi connectivity index (χ2v) is 7.47. The molecular weight excluding hydrogens is 196 g/mol. The maximum absolute atomic E-state index is 12.1. The lowest BCUT2D eigenvalue weighted by Gasteiger charge is -2.39. The third kappa shape index (κ3) is 1.05. The van der Waals surface area contributed by atoms with Crippen molar-refractivity contribution in [2.45, 2.75) is 53.4 Å². The van der Waals surface area contributed by atoms with E-state index in [1.165, 1.54) is 19.3 Å². The predicted molar refractivity (Wildman–Crippen MR) is 65.0 cm³/mol. The van der Waals surface area contributed by atoms with Crippen LogP contribution >= 0.6 is 0 Å². The maximum Gasteiger partial charge on any atom is 0.136 e. The zero-order chi connectivity index (χ0) is 11.7. The number of carbonyl (C=O) groups is 1. The van der Waals surface area contributed by atoms with E-state index in [0.717, 1.165) is 6.42 Å². The normalized spacial score (nSPS) is 54.1. The van der Waals surface area contributed by atoms with Crippen LogP contribution in [0.25, 0.3) is 0 Å². The van der Waals surface area contributed by atoms with Gasteiger partial charge in [0.15, 0.2) is 0 Å². The van der Waals surface area contributed by atoms with Gasteiger partial charge >= 0.3 is 0 Å². The highest BCUT2D eigenvalue weighted by molar-refractivity contribution is 5.86. The van der Waals surface area contributed by atoms with Crippen LogP contribution in [0.3, 0.4) is 0 Å². The Morgan fingerprint density at radius 1 is 1.19 bits per heavy atom. The average Bonchev–Trinajstić information content (AvgIpc) is 2.58. The number of hydrogen-bond donors (Lipinski definition) is 0. The molecule has 0 aliphatic heterocycles. The Bertz CT molecular complexity index is 343. The monoisotopic (exact) mass is 220 g/mol. The van der Waals surface area contributed by atoms with Crippen molar-refractivity contribution in [1.29, 1.82) is 0 Å². The fraction of sp³-hybridized carbons (Fsp3) is 0.933. The van der Waals surface area contributed by atoms with Gasteiger partial charge in [-0.05, 0) is 41.4 Å². The van der Waals surface area contributed by atoms with Gasteiger partial charge in [-0.2, -0.15) is 0 Å². The minimum atomic E-state index is 0.393. The molecule has 0 saturated heterocycles. The Morgan fingerprint density at radius 3 is 2.56 bits per heavy atom. The molecule has 4 bridgehead atoms. The molecule has 3 aliphatic carbocycles. The topological polar surface area (TPSA) is 17.1 Å². The third-order valence-electron chi connectivity index (χ3n) is 6.48. The molecule has 90 valence electrons. The van der Waals surface area contributed by atoms with Crippen molar-refractivity contribution in [1.82, 2.24) is 0 Å². The Morgan fingerprint density at radius 2 is 1.88 bits per heavy atom. The summed E-state index contributed by atoms with van der Waals surface area (Å²) in [6.07, 6.45) is 4.92. The molecule has 1 nitrogen and oxygen atoms in total. The Balaban J connectivity index is 2.11. The van der Waals surface area contributed by atoms with Crippen LogP contribution in [0.5, 0.6) is 0 Å². The van der Waals surface area contributed by atoms with Crippen LogP contribution in [0.2, 0.25) is 0 Å². The zero-order valence-electron chi connectivity index (χ0n) is 11.0. The van der Waals surface area contributed by atoms with E-state index in [0.29, 0.717) is 40.3 Å². The molecule has 0 radical (unpaired) electrons. The first kappa shape index (κ1) is 10.8. The zero-order valence-corrected chi connectivity index (χ0v) is 11.0. The maximum atomic E-state index is 12.1. The molecule has 16 heavy (non-hydrogen) atoms. The van der Waals surface area contributed by atoms with E-state index in [1.54, 1.807) is 0 Å². The van der Waals surface area contributed by atoms with E-state index in [2.05, 4.69) is 27.7 Å². The molecule has 0 heterocycles. The highest BCUT2D eigenvalue weighted by Crippen LogP contribution is 2.69. The molecule has 0 spiro atoms. The molecule has 0 N–H and O–H groups in total. The Hall–Kier alpha value is -0.330. The van der Waals surface area contributed by atoms with Gasteiger partial charge in [-0.15, -0.1) is 0 Å². The summed E-state index contributed by atoms with van der Waals surface area (Å²) in [6.45, 7) is 9.61. The van der Waals surface area contributed by atoms with Crippen molar-refractivity contribution in [2.24, 2.45) is 34.5 Å². The lowest BCUT2D eigenvalue weighted by molar-refractivity contribution is -0.127. The van der Waals surface area contributed by atoms with E-state index in [-0.39, 0.29) is 0 Å². The lowest BCUT2D eigenvalue weighted by Crippen LogP contribution is -2.36. The van der Waals surface area contributed by atoms with E-state index in [4.69, 9.17) is 0 Å². The van der Waals surface area contributed by atoms with E-state index < -0.39 is 0 Å². The predicted octanol–water partition coefficient (Wildman–Crippen LogP) is 3.67. The van der Waals surface area contributed by atoms with Crippen molar-refractivity contribution < 1.29 is 4.79 Å². The fourth-order valence-corrected chi connectivity index (χ4v) is 5.45. The van der Waals surface area contributed by atoms with Gasteiger partial charge in [0, 0.05) is 12.3 Å². The van der Waals surface area contributed by atoms with Crippen LogP contribution in [0, 0.1) is 34.5 Å². The quantitative estimate of drug-likeness (QED) is 0.608. The van der Waals surface area contributed by atoms with Gasteiger partial charge in [0.05, 0.1) is 0 Å². The molecule has 0 aromatic heterocycles. The number of Topliss-reactive ketones (excluding diaryl/α,β-unsaturated/α-hetero) is 1. The minimum Gasteiger partial charge on any atom is -0.299 e. The van der Waals surface area contributed by atoms with Crippen LogP contribution in [-0.2, 0) is 4.79 Å². The summed E-state index contributed by atoms with van der Waals surface area (Å²) in [5, 5.41) is 0. The summed E-state index contributed by atoms with van der Waals surface area (Å²) in [7, 11) is 0. The van der Waals surface area contributed by atoms with Crippen molar-refractivity contribution in [2.75, 3.05) is 0 Å². The van der Waals surface area contributed by atoms with Crippen LogP contribution in [0.4, 0.5) is 0 Å². The summed E-state index contributed by atoms with van der Waals surface area (Å²) < 4.78 is 0. The number of carbonyl (C=O) groups excluding carboxylic acids is 1. The molecule has 0 aromatic rings. The Kier molecular flexibility index (Phi) is 1.97. The van der Waals surface area contributed by atoms with Gasteiger partial charge in [0.1, 0.15) is 5.78 Å². The largest absolute Gasteiger partial charge is 0.299 e. The van der Waals surface area contributed by atoms with Crippen LogP contribution in [0.1, 0.15) is 53.4 Å². The summed E-state index contributed by atoms with van der Waals surface area (Å²) in [4.78, 5) is 12.1. The van der Waals surface area contributed by atoms with Crippen molar-refractivity contribution in [3.05, 3.63) is 0 Å². The second-order valence-electron chi connectivity index (χ2n) is 7.47. The van der Waals surface area contributed by atoms with Gasteiger partial charge < -0.3 is 0 Å². The summed E-state index contributed by atoms with van der Waals surface area (Å²) in [5.41, 5.74) is 0.862. The Labute approximate surface area is 99.0 Å². The standard InChI is InChI=1S/C15H24O/c1-9-12-11(16)8-10-13(12)14(2,3)6-5-7-15(9,10)4/h9-10,12-13H,5-8H2,1-4H3/t9?,10-,12+,13-,15-/m1/s1. The van der Waals surface area contributed by atoms with Crippen LogP contribution in [0.15, 0.2) is 0 Å². The first-order chi connectivity index (χ1) is 7.38. The van der Waals surface area contributed by atoms with Gasteiger partial charge in [0.25, 0.3) is 0 Å². The molecule has 0 aromatic carbocycles. The molecule has 3 saturated carbocycles. The van der Waals surface area contributed by atoms with E-state index >= 15 is 0 Å². The number of ketones is 1. The molecule has 1 unspecified atom stereocenters. The van der Waals surface area contributed by atoms with Gasteiger partial charge in [-0.1, -0.05) is 34.1 Å². The fourth-order valence-electron chi connectivity index (χ4n) is 5.45.